The van der Waals surface area contributed by atoms with E-state index in [1.54, 1.807) is 19.0 Å². The van der Waals surface area contributed by atoms with Crippen LogP contribution in [-0.2, 0) is 14.3 Å². The number of piperazine rings is 1. The van der Waals surface area contributed by atoms with E-state index in [0.717, 1.165) is 25.3 Å². The second-order valence-electron chi connectivity index (χ2n) is 7.52. The lowest BCUT2D eigenvalue weighted by molar-refractivity contribution is -0.142. The Kier molecular flexibility index (Phi) is 7.68. The molecule has 0 aromatic rings. The van der Waals surface area contributed by atoms with E-state index in [0.29, 0.717) is 38.7 Å². The van der Waals surface area contributed by atoms with E-state index < -0.39 is 0 Å². The van der Waals surface area contributed by atoms with E-state index in [1.165, 1.54) is 0 Å². The standard InChI is InChI=1S/C18H33N5O3/c1-14(2)12-19-18(20-13-16(24)21(3)4)23-9-7-22(8-10-23)17(25)15-6-5-11-26-15/h14-15H,5-13H2,1-4H3,(H,19,20). The molecule has 8 nitrogen and oxygen atoms in total. The van der Waals surface area contributed by atoms with Gasteiger partial charge in [0.1, 0.15) is 12.6 Å². The first kappa shape index (κ1) is 20.5. The van der Waals surface area contributed by atoms with Crippen LogP contribution in [0.1, 0.15) is 26.7 Å². The number of rotatable bonds is 5. The highest BCUT2D eigenvalue weighted by atomic mass is 16.5. The number of guanidine groups is 1. The number of carbonyl (C=O) groups excluding carboxylic acids is 2. The number of likely N-dealkylation sites (N-methyl/N-ethyl adjacent to an activating group) is 1. The van der Waals surface area contributed by atoms with Gasteiger partial charge in [0.25, 0.3) is 5.91 Å². The molecule has 0 radical (unpaired) electrons. The molecule has 2 rings (SSSR count). The van der Waals surface area contributed by atoms with Crippen LogP contribution < -0.4 is 5.32 Å². The summed E-state index contributed by atoms with van der Waals surface area (Å²) in [5.74, 6) is 1.31. The Morgan fingerprint density at radius 2 is 1.85 bits per heavy atom. The number of amides is 2. The van der Waals surface area contributed by atoms with Crippen molar-refractivity contribution < 1.29 is 14.3 Å². The Hall–Kier alpha value is -1.83. The first-order valence-corrected chi connectivity index (χ1v) is 9.52. The van der Waals surface area contributed by atoms with Crippen LogP contribution in [0.4, 0.5) is 0 Å². The number of hydrogen-bond acceptors (Lipinski definition) is 4. The van der Waals surface area contributed by atoms with Gasteiger partial charge in [0.05, 0.1) is 0 Å². The molecule has 1 atom stereocenters. The first-order valence-electron chi connectivity index (χ1n) is 9.52. The summed E-state index contributed by atoms with van der Waals surface area (Å²) in [7, 11) is 3.46. The van der Waals surface area contributed by atoms with Crippen LogP contribution >= 0.6 is 0 Å². The fourth-order valence-corrected chi connectivity index (χ4v) is 2.96. The third-order valence-corrected chi connectivity index (χ3v) is 4.63. The molecule has 8 heteroatoms. The van der Waals surface area contributed by atoms with E-state index in [1.807, 2.05) is 4.90 Å². The molecule has 1 unspecified atom stereocenters. The third kappa shape index (κ3) is 5.86. The maximum atomic E-state index is 12.5. The Morgan fingerprint density at radius 1 is 1.19 bits per heavy atom. The van der Waals surface area contributed by atoms with Crippen LogP contribution in [0.2, 0.25) is 0 Å². The maximum absolute atomic E-state index is 12.5. The summed E-state index contributed by atoms with van der Waals surface area (Å²) in [6.45, 7) is 8.60. The second kappa shape index (κ2) is 9.75. The average Bonchev–Trinajstić information content (AvgIpc) is 3.15. The molecule has 2 aliphatic rings. The zero-order valence-corrected chi connectivity index (χ0v) is 16.5. The number of hydrogen-bond donors (Lipinski definition) is 1. The number of ether oxygens (including phenoxy) is 1. The van der Waals surface area contributed by atoms with Crippen molar-refractivity contribution in [1.29, 1.82) is 0 Å². The van der Waals surface area contributed by atoms with Gasteiger partial charge in [-0.25, -0.2) is 4.99 Å². The van der Waals surface area contributed by atoms with Crippen molar-refractivity contribution in [2.45, 2.75) is 32.8 Å². The zero-order chi connectivity index (χ0) is 19.1. The Morgan fingerprint density at radius 3 is 2.38 bits per heavy atom. The van der Waals surface area contributed by atoms with Gasteiger partial charge in [0.15, 0.2) is 5.96 Å². The number of nitrogens with one attached hydrogen (secondary N) is 1. The molecule has 2 aliphatic heterocycles. The van der Waals surface area contributed by atoms with E-state index in [2.05, 4.69) is 29.1 Å². The highest BCUT2D eigenvalue weighted by molar-refractivity contribution is 5.85. The lowest BCUT2D eigenvalue weighted by Crippen LogP contribution is -2.55. The van der Waals surface area contributed by atoms with Crippen LogP contribution in [0.3, 0.4) is 0 Å². The smallest absolute Gasteiger partial charge is 0.251 e. The van der Waals surface area contributed by atoms with Gasteiger partial charge in [-0.05, 0) is 18.8 Å². The minimum atomic E-state index is -0.258. The lowest BCUT2D eigenvalue weighted by Gasteiger charge is -2.37. The molecule has 0 aliphatic carbocycles. The summed E-state index contributed by atoms with van der Waals surface area (Å²) in [5, 5.41) is 3.36. The summed E-state index contributed by atoms with van der Waals surface area (Å²) < 4.78 is 5.51. The minimum Gasteiger partial charge on any atom is -0.368 e. The van der Waals surface area contributed by atoms with Crippen LogP contribution in [0.15, 0.2) is 4.99 Å². The van der Waals surface area contributed by atoms with Crippen LogP contribution in [0.25, 0.3) is 0 Å². The Labute approximate surface area is 156 Å². The van der Waals surface area contributed by atoms with Gasteiger partial charge in [-0.3, -0.25) is 9.59 Å². The topological polar surface area (TPSA) is 77.5 Å². The van der Waals surface area contributed by atoms with Crippen LogP contribution in [-0.4, -0.2) is 98.5 Å². The predicted octanol–water partition coefficient (Wildman–Crippen LogP) is -0.000600. The largest absolute Gasteiger partial charge is 0.368 e. The fraction of sp³-hybridized carbons (Fsp3) is 0.833. The summed E-state index contributed by atoms with van der Waals surface area (Å²) in [6.07, 6.45) is 1.53. The maximum Gasteiger partial charge on any atom is 0.251 e. The van der Waals surface area contributed by atoms with Crippen molar-refractivity contribution in [2.24, 2.45) is 10.9 Å². The van der Waals surface area contributed by atoms with Crippen LogP contribution in [0, 0.1) is 5.92 Å². The number of nitrogens with zero attached hydrogens (tertiary/aromatic N) is 4. The van der Waals surface area contributed by atoms with E-state index >= 15 is 0 Å². The van der Waals surface area contributed by atoms with Gasteiger partial charge in [-0.15, -0.1) is 0 Å². The summed E-state index contributed by atoms with van der Waals surface area (Å²) in [6, 6.07) is 0. The lowest BCUT2D eigenvalue weighted by atomic mass is 10.2. The van der Waals surface area contributed by atoms with Gasteiger partial charge in [-0.2, -0.15) is 0 Å². The third-order valence-electron chi connectivity index (χ3n) is 4.63. The zero-order valence-electron chi connectivity index (χ0n) is 16.5. The van der Waals surface area contributed by atoms with Crippen molar-refractivity contribution in [2.75, 3.05) is 60.0 Å². The molecule has 2 fully saturated rings. The molecular formula is C18H33N5O3. The Balaban J connectivity index is 1.92. The van der Waals surface area contributed by atoms with Crippen molar-refractivity contribution in [3.05, 3.63) is 0 Å². The average molecular weight is 367 g/mol. The quantitative estimate of drug-likeness (QED) is 0.547. The molecule has 2 saturated heterocycles. The number of carbonyl (C=O) groups is 2. The predicted molar refractivity (Wildman–Crippen MR) is 101 cm³/mol. The van der Waals surface area contributed by atoms with Gasteiger partial charge in [0, 0.05) is 53.4 Å². The van der Waals surface area contributed by atoms with Crippen molar-refractivity contribution in [1.82, 2.24) is 20.0 Å². The SMILES string of the molecule is CC(C)CNC(=NCC(=O)N(C)C)N1CCN(C(=O)C2CCCO2)CC1. The molecule has 26 heavy (non-hydrogen) atoms. The van der Waals surface area contributed by atoms with E-state index in [-0.39, 0.29) is 24.5 Å². The molecule has 1 N–H and O–H groups in total. The number of aliphatic imine (C=N–C) groups is 1. The van der Waals surface area contributed by atoms with Gasteiger partial charge < -0.3 is 24.8 Å². The van der Waals surface area contributed by atoms with Gasteiger partial charge in [-0.1, -0.05) is 13.8 Å². The summed E-state index contributed by atoms with van der Waals surface area (Å²) in [5.41, 5.74) is 0. The monoisotopic (exact) mass is 367 g/mol. The highest BCUT2D eigenvalue weighted by Gasteiger charge is 2.31. The molecule has 0 spiro atoms. The highest BCUT2D eigenvalue weighted by Crippen LogP contribution is 2.16. The van der Waals surface area contributed by atoms with Crippen molar-refractivity contribution in [3.8, 4) is 0 Å². The van der Waals surface area contributed by atoms with E-state index in [4.69, 9.17) is 4.74 Å². The second-order valence-corrected chi connectivity index (χ2v) is 7.52. The molecular weight excluding hydrogens is 334 g/mol. The molecule has 2 amide bonds. The normalized spacial score (nSPS) is 21.3. The van der Waals surface area contributed by atoms with Gasteiger partial charge >= 0.3 is 0 Å². The van der Waals surface area contributed by atoms with E-state index in [9.17, 15) is 9.59 Å². The first-order chi connectivity index (χ1) is 12.4. The molecule has 0 bridgehead atoms. The van der Waals surface area contributed by atoms with Crippen molar-refractivity contribution >= 4 is 17.8 Å². The fourth-order valence-electron chi connectivity index (χ4n) is 2.96. The molecule has 0 aromatic heterocycles. The Bertz CT molecular complexity index is 507. The molecule has 0 saturated carbocycles. The molecule has 2 heterocycles. The minimum absolute atomic E-state index is 0.0268. The van der Waals surface area contributed by atoms with Crippen LogP contribution in [0.5, 0.6) is 0 Å². The molecule has 148 valence electrons. The summed E-state index contributed by atoms with van der Waals surface area (Å²) in [4.78, 5) is 34.4. The molecule has 0 aromatic carbocycles. The van der Waals surface area contributed by atoms with Crippen molar-refractivity contribution in [3.63, 3.8) is 0 Å². The summed E-state index contributed by atoms with van der Waals surface area (Å²) >= 11 is 0. The van der Waals surface area contributed by atoms with Gasteiger partial charge in [0.2, 0.25) is 5.91 Å².